The number of piperazine rings is 1. The van der Waals surface area contributed by atoms with Gasteiger partial charge in [-0.05, 0) is 41.8 Å². The van der Waals surface area contributed by atoms with E-state index in [-0.39, 0.29) is 0 Å². The molecule has 0 unspecified atom stereocenters. The standard InChI is InChI=1S/C16H22N2O2S/c19-16(20)4-3-14-5-10-21-15(14)12-18-8-6-17(7-9-18)11-13-1-2-13/h3-5,10,13H,1-2,6-9,11-12H2,(H,19,20). The van der Waals surface area contributed by atoms with Crippen molar-refractivity contribution in [3.63, 3.8) is 0 Å². The van der Waals surface area contributed by atoms with Gasteiger partial charge in [0.05, 0.1) is 0 Å². The highest BCUT2D eigenvalue weighted by Crippen LogP contribution is 2.30. The third-order valence-corrected chi connectivity index (χ3v) is 5.15. The summed E-state index contributed by atoms with van der Waals surface area (Å²) in [4.78, 5) is 17.0. The Bertz CT molecular complexity index is 514. The van der Waals surface area contributed by atoms with Crippen molar-refractivity contribution in [2.75, 3.05) is 32.7 Å². The molecular weight excluding hydrogens is 284 g/mol. The molecule has 1 saturated carbocycles. The van der Waals surface area contributed by atoms with Crippen LogP contribution in [-0.2, 0) is 11.3 Å². The summed E-state index contributed by atoms with van der Waals surface area (Å²) in [6.45, 7) is 6.80. The molecule has 0 spiro atoms. The number of carboxylic acid groups (broad SMARTS) is 1. The Kier molecular flexibility index (Phi) is 4.73. The van der Waals surface area contributed by atoms with Gasteiger partial charge >= 0.3 is 5.97 Å². The van der Waals surface area contributed by atoms with Gasteiger partial charge in [-0.25, -0.2) is 4.79 Å². The Morgan fingerprint density at radius 2 is 2.00 bits per heavy atom. The summed E-state index contributed by atoms with van der Waals surface area (Å²) in [5.41, 5.74) is 1.04. The normalized spacial score (nSPS) is 21.1. The van der Waals surface area contributed by atoms with Crippen LogP contribution in [0.15, 0.2) is 17.5 Å². The molecule has 3 rings (SSSR count). The maximum Gasteiger partial charge on any atom is 0.328 e. The molecule has 1 aromatic rings. The highest BCUT2D eigenvalue weighted by Gasteiger charge is 2.26. The van der Waals surface area contributed by atoms with Gasteiger partial charge in [-0.3, -0.25) is 4.90 Å². The van der Waals surface area contributed by atoms with Gasteiger partial charge in [-0.2, -0.15) is 0 Å². The maximum atomic E-state index is 10.6. The van der Waals surface area contributed by atoms with Crippen molar-refractivity contribution in [1.29, 1.82) is 0 Å². The molecule has 0 aromatic carbocycles. The fourth-order valence-corrected chi connectivity index (χ4v) is 3.70. The number of aliphatic carboxylic acids is 1. The van der Waals surface area contributed by atoms with Crippen molar-refractivity contribution >= 4 is 23.4 Å². The molecule has 0 bridgehead atoms. The predicted octanol–water partition coefficient (Wildman–Crippen LogP) is 2.37. The van der Waals surface area contributed by atoms with Gasteiger partial charge in [0, 0.05) is 50.2 Å². The van der Waals surface area contributed by atoms with E-state index in [4.69, 9.17) is 5.11 Å². The van der Waals surface area contributed by atoms with E-state index in [0.29, 0.717) is 0 Å². The average Bonchev–Trinajstić information content (AvgIpc) is 3.17. The lowest BCUT2D eigenvalue weighted by Crippen LogP contribution is -2.46. The van der Waals surface area contributed by atoms with Crippen molar-refractivity contribution in [3.8, 4) is 0 Å². The molecule has 0 amide bonds. The van der Waals surface area contributed by atoms with Crippen LogP contribution in [0.25, 0.3) is 6.08 Å². The summed E-state index contributed by atoms with van der Waals surface area (Å²) in [6, 6.07) is 2.00. The first-order chi connectivity index (χ1) is 10.2. The van der Waals surface area contributed by atoms with E-state index >= 15 is 0 Å². The number of rotatable bonds is 6. The van der Waals surface area contributed by atoms with Gasteiger partial charge in [0.1, 0.15) is 0 Å². The predicted molar refractivity (Wildman–Crippen MR) is 85.4 cm³/mol. The fourth-order valence-electron chi connectivity index (χ4n) is 2.79. The second-order valence-electron chi connectivity index (χ2n) is 5.99. The molecule has 2 heterocycles. The van der Waals surface area contributed by atoms with Gasteiger partial charge in [0.25, 0.3) is 0 Å². The van der Waals surface area contributed by atoms with Crippen LogP contribution in [-0.4, -0.2) is 53.6 Å². The Hall–Kier alpha value is -1.17. The third-order valence-electron chi connectivity index (χ3n) is 4.23. The van der Waals surface area contributed by atoms with Crippen molar-refractivity contribution in [2.45, 2.75) is 19.4 Å². The van der Waals surface area contributed by atoms with Crippen LogP contribution in [0.1, 0.15) is 23.3 Å². The summed E-state index contributed by atoms with van der Waals surface area (Å²) in [6.07, 6.45) is 5.78. The van der Waals surface area contributed by atoms with E-state index in [1.165, 1.54) is 43.4 Å². The van der Waals surface area contributed by atoms with E-state index in [1.54, 1.807) is 17.4 Å². The van der Waals surface area contributed by atoms with Crippen LogP contribution < -0.4 is 0 Å². The fraction of sp³-hybridized carbons (Fsp3) is 0.562. The minimum atomic E-state index is -0.888. The molecule has 21 heavy (non-hydrogen) atoms. The first kappa shape index (κ1) is 14.8. The van der Waals surface area contributed by atoms with E-state index < -0.39 is 5.97 Å². The molecule has 2 fully saturated rings. The first-order valence-corrected chi connectivity index (χ1v) is 8.51. The summed E-state index contributed by atoms with van der Waals surface area (Å²) >= 11 is 1.72. The third kappa shape index (κ3) is 4.40. The van der Waals surface area contributed by atoms with Crippen molar-refractivity contribution in [2.24, 2.45) is 5.92 Å². The first-order valence-electron chi connectivity index (χ1n) is 7.63. The Morgan fingerprint density at radius 1 is 1.29 bits per heavy atom. The average molecular weight is 306 g/mol. The summed E-state index contributed by atoms with van der Waals surface area (Å²) in [7, 11) is 0. The van der Waals surface area contributed by atoms with Crippen LogP contribution in [0.2, 0.25) is 0 Å². The van der Waals surface area contributed by atoms with Crippen LogP contribution >= 0.6 is 11.3 Å². The minimum absolute atomic E-state index is 0.888. The van der Waals surface area contributed by atoms with E-state index in [9.17, 15) is 4.79 Å². The molecule has 5 heteroatoms. The smallest absolute Gasteiger partial charge is 0.328 e. The van der Waals surface area contributed by atoms with Gasteiger partial charge in [-0.15, -0.1) is 11.3 Å². The molecule has 114 valence electrons. The summed E-state index contributed by atoms with van der Waals surface area (Å²) < 4.78 is 0. The lowest BCUT2D eigenvalue weighted by Gasteiger charge is -2.34. The quantitative estimate of drug-likeness (QED) is 0.820. The number of carboxylic acids is 1. The highest BCUT2D eigenvalue weighted by molar-refractivity contribution is 7.10. The molecule has 2 aliphatic rings. The lowest BCUT2D eigenvalue weighted by atomic mass is 10.2. The van der Waals surface area contributed by atoms with Gasteiger partial charge in [0.15, 0.2) is 0 Å². The largest absolute Gasteiger partial charge is 0.478 e. The molecule has 1 aliphatic heterocycles. The molecule has 0 radical (unpaired) electrons. The molecule has 0 atom stereocenters. The molecule has 4 nitrogen and oxygen atoms in total. The topological polar surface area (TPSA) is 43.8 Å². The monoisotopic (exact) mass is 306 g/mol. The number of nitrogens with zero attached hydrogens (tertiary/aromatic N) is 2. The molecule has 1 N–H and O–H groups in total. The zero-order valence-electron chi connectivity index (χ0n) is 12.2. The van der Waals surface area contributed by atoms with Crippen molar-refractivity contribution in [3.05, 3.63) is 28.0 Å². The van der Waals surface area contributed by atoms with Crippen LogP contribution in [0.3, 0.4) is 0 Å². The maximum absolute atomic E-state index is 10.6. The summed E-state index contributed by atoms with van der Waals surface area (Å²) in [5, 5.41) is 10.8. The van der Waals surface area contributed by atoms with Crippen LogP contribution in [0, 0.1) is 5.92 Å². The van der Waals surface area contributed by atoms with Crippen LogP contribution in [0.5, 0.6) is 0 Å². The summed E-state index contributed by atoms with van der Waals surface area (Å²) in [5.74, 6) is 0.0856. The number of thiophene rings is 1. The lowest BCUT2D eigenvalue weighted by molar-refractivity contribution is -0.131. The Morgan fingerprint density at radius 3 is 2.67 bits per heavy atom. The zero-order chi connectivity index (χ0) is 14.7. The molecule has 1 aliphatic carbocycles. The van der Waals surface area contributed by atoms with Crippen molar-refractivity contribution < 1.29 is 9.90 Å². The zero-order valence-corrected chi connectivity index (χ0v) is 13.0. The molecule has 1 saturated heterocycles. The second kappa shape index (κ2) is 6.73. The van der Waals surface area contributed by atoms with Gasteiger partial charge in [-0.1, -0.05) is 0 Å². The number of hydrogen-bond acceptors (Lipinski definition) is 4. The van der Waals surface area contributed by atoms with E-state index in [0.717, 1.165) is 31.1 Å². The highest BCUT2D eigenvalue weighted by atomic mass is 32.1. The van der Waals surface area contributed by atoms with E-state index in [2.05, 4.69) is 9.80 Å². The Labute approximate surface area is 129 Å². The van der Waals surface area contributed by atoms with Gasteiger partial charge < -0.3 is 10.0 Å². The van der Waals surface area contributed by atoms with Gasteiger partial charge in [0.2, 0.25) is 0 Å². The minimum Gasteiger partial charge on any atom is -0.478 e. The Balaban J connectivity index is 1.50. The van der Waals surface area contributed by atoms with Crippen LogP contribution in [0.4, 0.5) is 0 Å². The number of carbonyl (C=O) groups is 1. The second-order valence-corrected chi connectivity index (χ2v) is 6.99. The van der Waals surface area contributed by atoms with E-state index in [1.807, 2.05) is 11.4 Å². The SMILES string of the molecule is O=C(O)C=Cc1ccsc1CN1CCN(CC2CC2)CC1. The molecule has 1 aromatic heterocycles. The van der Waals surface area contributed by atoms with Crippen molar-refractivity contribution in [1.82, 2.24) is 9.80 Å². The number of hydrogen-bond donors (Lipinski definition) is 1. The molecular formula is C16H22N2O2S.